The van der Waals surface area contributed by atoms with Crippen molar-refractivity contribution in [2.24, 2.45) is 11.8 Å². The largest absolute Gasteiger partial charge is 0.491 e. The molecule has 2 aromatic heterocycles. The molecule has 1 aliphatic heterocycles. The van der Waals surface area contributed by atoms with Crippen molar-refractivity contribution in [3.63, 3.8) is 0 Å². The van der Waals surface area contributed by atoms with E-state index in [1.807, 2.05) is 37.4 Å². The summed E-state index contributed by atoms with van der Waals surface area (Å²) < 4.78 is 16.8. The average molecular weight is 473 g/mol. The minimum absolute atomic E-state index is 0.0183. The van der Waals surface area contributed by atoms with Gasteiger partial charge in [-0.25, -0.2) is 9.97 Å². The first-order chi connectivity index (χ1) is 17.1. The summed E-state index contributed by atoms with van der Waals surface area (Å²) in [5, 5.41) is 7.74. The summed E-state index contributed by atoms with van der Waals surface area (Å²) in [6, 6.07) is 9.49. The van der Waals surface area contributed by atoms with Crippen LogP contribution in [0.5, 0.6) is 5.75 Å². The molecule has 2 aliphatic rings. The zero-order valence-electron chi connectivity index (χ0n) is 19.8. The molecule has 2 N–H and O–H groups in total. The maximum atomic E-state index is 12.4. The fourth-order valence-electron chi connectivity index (χ4n) is 4.00. The lowest BCUT2D eigenvalue weighted by Gasteiger charge is -2.22. The van der Waals surface area contributed by atoms with E-state index >= 15 is 0 Å². The summed E-state index contributed by atoms with van der Waals surface area (Å²) in [7, 11) is 1.81. The summed E-state index contributed by atoms with van der Waals surface area (Å²) in [6.45, 7) is 4.32. The third-order valence-electron chi connectivity index (χ3n) is 6.22. The normalized spacial score (nSPS) is 21.0. The number of carbonyl (C=O) groups is 1. The highest BCUT2D eigenvalue weighted by molar-refractivity contribution is 5.99. The number of amides is 1. The Morgan fingerprint density at radius 1 is 1.14 bits per heavy atom. The zero-order valence-corrected chi connectivity index (χ0v) is 19.8. The van der Waals surface area contributed by atoms with Crippen LogP contribution < -0.4 is 15.4 Å². The first-order valence-electron chi connectivity index (χ1n) is 11.8. The molecule has 1 saturated carbocycles. The predicted octanol–water partition coefficient (Wildman–Crippen LogP) is 3.46. The standard InChI is InChI=1S/C27H28N4O4/c1-17-11-22(17)27(32)31-25-12-23-19(13-30-26(28-2)24(23)14-29-25)6-3-18-4-7-20(8-5-18)35-16-21-15-33-9-10-34-21/h4-5,7-8,12-14,17,21-22H,9-11,15-16H2,1-2H3,(H,28,30)(H,29,31,32)/t17-,21+,22+/m1/s1. The lowest BCUT2D eigenvalue weighted by Crippen LogP contribution is -2.33. The van der Waals surface area contributed by atoms with Gasteiger partial charge in [0.05, 0.1) is 25.4 Å². The van der Waals surface area contributed by atoms with Crippen LogP contribution in [0, 0.1) is 23.7 Å². The second-order valence-corrected chi connectivity index (χ2v) is 8.85. The van der Waals surface area contributed by atoms with E-state index in [0.29, 0.717) is 44.0 Å². The Labute approximate surface area is 204 Å². The van der Waals surface area contributed by atoms with Crippen molar-refractivity contribution in [1.82, 2.24) is 9.97 Å². The molecular weight excluding hydrogens is 444 g/mol. The van der Waals surface area contributed by atoms with Gasteiger partial charge in [-0.15, -0.1) is 0 Å². The number of fused-ring (bicyclic) bond motifs is 1. The number of hydrogen-bond acceptors (Lipinski definition) is 7. The summed E-state index contributed by atoms with van der Waals surface area (Å²) in [5.74, 6) is 8.94. The monoisotopic (exact) mass is 472 g/mol. The van der Waals surface area contributed by atoms with E-state index in [4.69, 9.17) is 14.2 Å². The molecule has 0 radical (unpaired) electrons. The van der Waals surface area contributed by atoms with Gasteiger partial charge in [0.2, 0.25) is 5.91 Å². The molecule has 180 valence electrons. The molecule has 3 atom stereocenters. The number of nitrogens with zero attached hydrogens (tertiary/aromatic N) is 2. The fourth-order valence-corrected chi connectivity index (χ4v) is 4.00. The van der Waals surface area contributed by atoms with Crippen molar-refractivity contribution in [2.75, 3.05) is 44.1 Å². The maximum Gasteiger partial charge on any atom is 0.228 e. The summed E-state index contributed by atoms with van der Waals surface area (Å²) in [4.78, 5) is 21.3. The number of anilines is 2. The van der Waals surface area contributed by atoms with Gasteiger partial charge >= 0.3 is 0 Å². The first kappa shape index (κ1) is 23.1. The summed E-state index contributed by atoms with van der Waals surface area (Å²) in [6.07, 6.45) is 4.34. The molecule has 3 aromatic rings. The number of pyridine rings is 2. The molecule has 1 aliphatic carbocycles. The molecule has 2 fully saturated rings. The van der Waals surface area contributed by atoms with Gasteiger partial charge in [0.1, 0.15) is 30.1 Å². The van der Waals surface area contributed by atoms with Crippen LogP contribution >= 0.6 is 0 Å². The van der Waals surface area contributed by atoms with Gasteiger partial charge in [-0.05, 0) is 42.7 Å². The van der Waals surface area contributed by atoms with E-state index in [0.717, 1.165) is 34.1 Å². The number of nitrogens with one attached hydrogen (secondary N) is 2. The van der Waals surface area contributed by atoms with Crippen LogP contribution in [0.4, 0.5) is 11.6 Å². The predicted molar refractivity (Wildman–Crippen MR) is 133 cm³/mol. The molecule has 1 amide bonds. The van der Waals surface area contributed by atoms with Gasteiger partial charge in [0.25, 0.3) is 0 Å². The average Bonchev–Trinajstić information content (AvgIpc) is 3.64. The second kappa shape index (κ2) is 10.3. The van der Waals surface area contributed by atoms with Crippen molar-refractivity contribution in [3.05, 3.63) is 53.9 Å². The van der Waals surface area contributed by atoms with Gasteiger partial charge in [-0.1, -0.05) is 18.8 Å². The molecular formula is C27H28N4O4. The number of ether oxygens (including phenoxy) is 3. The van der Waals surface area contributed by atoms with E-state index in [9.17, 15) is 4.79 Å². The van der Waals surface area contributed by atoms with E-state index in [-0.39, 0.29) is 17.9 Å². The Morgan fingerprint density at radius 2 is 1.97 bits per heavy atom. The highest BCUT2D eigenvalue weighted by Gasteiger charge is 2.39. The number of aromatic nitrogens is 2. The van der Waals surface area contributed by atoms with Crippen LogP contribution in [0.25, 0.3) is 10.8 Å². The molecule has 5 rings (SSSR count). The van der Waals surface area contributed by atoms with Crippen molar-refractivity contribution < 1.29 is 19.0 Å². The van der Waals surface area contributed by atoms with Gasteiger partial charge < -0.3 is 24.8 Å². The Balaban J connectivity index is 1.33. The molecule has 1 aromatic carbocycles. The molecule has 8 nitrogen and oxygen atoms in total. The summed E-state index contributed by atoms with van der Waals surface area (Å²) >= 11 is 0. The van der Waals surface area contributed by atoms with Crippen molar-refractivity contribution in [2.45, 2.75) is 19.4 Å². The quantitative estimate of drug-likeness (QED) is 0.531. The van der Waals surface area contributed by atoms with Crippen molar-refractivity contribution in [1.29, 1.82) is 0 Å². The molecule has 3 heterocycles. The van der Waals surface area contributed by atoms with Crippen LogP contribution in [0.3, 0.4) is 0 Å². The lowest BCUT2D eigenvalue weighted by atomic mass is 10.1. The SMILES string of the molecule is CNc1ncc(C#Cc2ccc(OC[C@@H]3COCCO3)cc2)c2cc(NC(=O)[C@H]3C[C@H]3C)ncc12. The Kier molecular flexibility index (Phi) is 6.80. The third kappa shape index (κ3) is 5.53. The number of benzene rings is 1. The third-order valence-corrected chi connectivity index (χ3v) is 6.22. The molecule has 1 saturated heterocycles. The highest BCUT2D eigenvalue weighted by atomic mass is 16.6. The molecule has 0 spiro atoms. The highest BCUT2D eigenvalue weighted by Crippen LogP contribution is 2.38. The number of hydrogen-bond donors (Lipinski definition) is 2. The minimum atomic E-state index is -0.0404. The zero-order chi connectivity index (χ0) is 24.2. The van der Waals surface area contributed by atoms with Crippen LogP contribution in [-0.2, 0) is 14.3 Å². The lowest BCUT2D eigenvalue weighted by molar-refractivity contribution is -0.117. The van der Waals surface area contributed by atoms with Crippen LogP contribution in [-0.4, -0.2) is 55.5 Å². The van der Waals surface area contributed by atoms with Gasteiger partial charge in [0.15, 0.2) is 0 Å². The Hall–Kier alpha value is -3.67. The van der Waals surface area contributed by atoms with Gasteiger partial charge in [-0.2, -0.15) is 0 Å². The van der Waals surface area contributed by atoms with Crippen LogP contribution in [0.1, 0.15) is 24.5 Å². The van der Waals surface area contributed by atoms with E-state index in [2.05, 4.69) is 39.4 Å². The van der Waals surface area contributed by atoms with Crippen molar-refractivity contribution in [3.8, 4) is 17.6 Å². The minimum Gasteiger partial charge on any atom is -0.491 e. The van der Waals surface area contributed by atoms with Crippen LogP contribution in [0.15, 0.2) is 42.7 Å². The van der Waals surface area contributed by atoms with Gasteiger partial charge in [-0.3, -0.25) is 4.79 Å². The van der Waals surface area contributed by atoms with Gasteiger partial charge in [0, 0.05) is 41.7 Å². The topological polar surface area (TPSA) is 94.6 Å². The molecule has 0 bridgehead atoms. The Bertz CT molecular complexity index is 1280. The Morgan fingerprint density at radius 3 is 2.69 bits per heavy atom. The molecule has 8 heteroatoms. The summed E-state index contributed by atoms with van der Waals surface area (Å²) in [5.41, 5.74) is 1.61. The maximum absolute atomic E-state index is 12.4. The van der Waals surface area contributed by atoms with E-state index in [1.54, 1.807) is 12.4 Å². The first-order valence-corrected chi connectivity index (χ1v) is 11.8. The molecule has 0 unspecified atom stereocenters. The van der Waals surface area contributed by atoms with E-state index in [1.165, 1.54) is 0 Å². The fraction of sp³-hybridized carbons (Fsp3) is 0.370. The van der Waals surface area contributed by atoms with E-state index < -0.39 is 0 Å². The second-order valence-electron chi connectivity index (χ2n) is 8.85. The number of rotatable bonds is 6. The smallest absolute Gasteiger partial charge is 0.228 e. The number of carbonyl (C=O) groups excluding carboxylic acids is 1. The van der Waals surface area contributed by atoms with Crippen LogP contribution in [0.2, 0.25) is 0 Å². The molecule has 35 heavy (non-hydrogen) atoms. The van der Waals surface area contributed by atoms with Crippen molar-refractivity contribution >= 4 is 28.3 Å².